The van der Waals surface area contributed by atoms with Gasteiger partial charge in [0.1, 0.15) is 5.82 Å². The second-order valence-electron chi connectivity index (χ2n) is 4.82. The van der Waals surface area contributed by atoms with Crippen LogP contribution in [0.15, 0.2) is 4.79 Å². The summed E-state index contributed by atoms with van der Waals surface area (Å²) in [4.78, 5) is 19.4. The number of hydrogen-bond donors (Lipinski definition) is 2. The average Bonchev–Trinajstić information content (AvgIpc) is 3.18. The molecule has 92 valence electrons. The highest BCUT2D eigenvalue weighted by Gasteiger charge is 2.28. The number of morpholine rings is 1. The third kappa shape index (κ3) is 2.12. The Morgan fingerprint density at radius 3 is 2.88 bits per heavy atom. The summed E-state index contributed by atoms with van der Waals surface area (Å²) in [6, 6.07) is 0.0588. The first kappa shape index (κ1) is 10.9. The molecule has 2 aliphatic rings. The van der Waals surface area contributed by atoms with E-state index in [0.717, 1.165) is 37.5 Å². The predicted molar refractivity (Wildman–Crippen MR) is 63.1 cm³/mol. The first-order valence-electron chi connectivity index (χ1n) is 6.17. The summed E-state index contributed by atoms with van der Waals surface area (Å²) in [5.74, 6) is 1.31. The highest BCUT2D eigenvalue weighted by Crippen LogP contribution is 2.37. The molecule has 3 rings (SSSR count). The highest BCUT2D eigenvalue weighted by atomic mass is 16.5. The SMILES string of the molecule is Cc1c(C2COCCN2)nc(C2CC2)[nH]c1=O. The predicted octanol–water partition coefficient (Wildman–Crippen LogP) is 0.617. The molecule has 5 nitrogen and oxygen atoms in total. The monoisotopic (exact) mass is 235 g/mol. The number of H-pyrrole nitrogens is 1. The first-order valence-corrected chi connectivity index (χ1v) is 6.17. The lowest BCUT2D eigenvalue weighted by Gasteiger charge is -2.24. The molecule has 17 heavy (non-hydrogen) atoms. The van der Waals surface area contributed by atoms with E-state index in [0.29, 0.717) is 18.1 Å². The van der Waals surface area contributed by atoms with E-state index < -0.39 is 0 Å². The summed E-state index contributed by atoms with van der Waals surface area (Å²) >= 11 is 0. The van der Waals surface area contributed by atoms with Crippen molar-refractivity contribution in [2.45, 2.75) is 31.7 Å². The van der Waals surface area contributed by atoms with E-state index in [1.807, 2.05) is 6.92 Å². The normalized spacial score (nSPS) is 24.9. The van der Waals surface area contributed by atoms with Gasteiger partial charge in [0.2, 0.25) is 0 Å². The fraction of sp³-hybridized carbons (Fsp3) is 0.667. The van der Waals surface area contributed by atoms with Gasteiger partial charge in [-0.3, -0.25) is 4.79 Å². The summed E-state index contributed by atoms with van der Waals surface area (Å²) in [6.07, 6.45) is 2.28. The quantitative estimate of drug-likeness (QED) is 0.788. The Labute approximate surface area is 99.6 Å². The van der Waals surface area contributed by atoms with E-state index in [-0.39, 0.29) is 11.6 Å². The van der Waals surface area contributed by atoms with Crippen molar-refractivity contribution in [2.24, 2.45) is 0 Å². The maximum absolute atomic E-state index is 11.9. The van der Waals surface area contributed by atoms with E-state index in [1.54, 1.807) is 0 Å². The Balaban J connectivity index is 1.98. The van der Waals surface area contributed by atoms with Crippen molar-refractivity contribution < 1.29 is 4.74 Å². The van der Waals surface area contributed by atoms with Gasteiger partial charge < -0.3 is 15.0 Å². The zero-order chi connectivity index (χ0) is 11.8. The van der Waals surface area contributed by atoms with Gasteiger partial charge in [-0.25, -0.2) is 4.98 Å². The zero-order valence-electron chi connectivity index (χ0n) is 9.95. The molecule has 1 aliphatic carbocycles. The summed E-state index contributed by atoms with van der Waals surface area (Å²) in [5, 5.41) is 3.35. The molecule has 2 fully saturated rings. The van der Waals surface area contributed by atoms with Crippen LogP contribution < -0.4 is 10.9 Å². The van der Waals surface area contributed by atoms with Crippen LogP contribution in [0, 0.1) is 6.92 Å². The number of nitrogens with one attached hydrogen (secondary N) is 2. The van der Waals surface area contributed by atoms with Crippen LogP contribution in [0.4, 0.5) is 0 Å². The summed E-state index contributed by atoms with van der Waals surface area (Å²) in [6.45, 7) is 3.97. The van der Waals surface area contributed by atoms with Gasteiger partial charge in [-0.05, 0) is 19.8 Å². The van der Waals surface area contributed by atoms with E-state index in [1.165, 1.54) is 0 Å². The minimum absolute atomic E-state index is 0.00993. The van der Waals surface area contributed by atoms with Crippen LogP contribution in [-0.2, 0) is 4.74 Å². The lowest BCUT2D eigenvalue weighted by Crippen LogP contribution is -2.37. The van der Waals surface area contributed by atoms with Crippen molar-refractivity contribution in [3.05, 3.63) is 27.4 Å². The Morgan fingerprint density at radius 1 is 1.41 bits per heavy atom. The van der Waals surface area contributed by atoms with Crippen molar-refractivity contribution >= 4 is 0 Å². The van der Waals surface area contributed by atoms with Gasteiger partial charge in [-0.15, -0.1) is 0 Å². The third-order valence-electron chi connectivity index (χ3n) is 3.42. The molecule has 1 saturated heterocycles. The molecule has 0 bridgehead atoms. The van der Waals surface area contributed by atoms with Gasteiger partial charge in [-0.2, -0.15) is 0 Å². The van der Waals surface area contributed by atoms with Gasteiger partial charge in [0.15, 0.2) is 0 Å². The molecule has 5 heteroatoms. The van der Waals surface area contributed by atoms with Crippen LogP contribution in [0.5, 0.6) is 0 Å². The number of ether oxygens (including phenoxy) is 1. The van der Waals surface area contributed by atoms with Crippen molar-refractivity contribution in [3.8, 4) is 0 Å². The maximum atomic E-state index is 11.9. The zero-order valence-corrected chi connectivity index (χ0v) is 9.95. The fourth-order valence-corrected chi connectivity index (χ4v) is 2.20. The molecule has 0 aromatic carbocycles. The maximum Gasteiger partial charge on any atom is 0.254 e. The molecule has 0 spiro atoms. The third-order valence-corrected chi connectivity index (χ3v) is 3.42. The van der Waals surface area contributed by atoms with Crippen molar-refractivity contribution in [3.63, 3.8) is 0 Å². The van der Waals surface area contributed by atoms with Crippen molar-refractivity contribution in [1.29, 1.82) is 0 Å². The molecule has 0 amide bonds. The number of nitrogens with zero attached hydrogens (tertiary/aromatic N) is 1. The Kier molecular flexibility index (Phi) is 2.72. The smallest absolute Gasteiger partial charge is 0.254 e. The van der Waals surface area contributed by atoms with Crippen molar-refractivity contribution in [2.75, 3.05) is 19.8 Å². The van der Waals surface area contributed by atoms with Gasteiger partial charge in [0.25, 0.3) is 5.56 Å². The van der Waals surface area contributed by atoms with Crippen LogP contribution in [0.25, 0.3) is 0 Å². The average molecular weight is 235 g/mol. The molecule has 2 heterocycles. The second-order valence-corrected chi connectivity index (χ2v) is 4.82. The largest absolute Gasteiger partial charge is 0.378 e. The molecule has 1 atom stereocenters. The lowest BCUT2D eigenvalue weighted by molar-refractivity contribution is 0.0752. The molecule has 1 unspecified atom stereocenters. The minimum Gasteiger partial charge on any atom is -0.378 e. The molecular weight excluding hydrogens is 218 g/mol. The van der Waals surface area contributed by atoms with Gasteiger partial charge in [0.05, 0.1) is 24.9 Å². The van der Waals surface area contributed by atoms with E-state index in [2.05, 4.69) is 15.3 Å². The number of rotatable bonds is 2. The minimum atomic E-state index is -0.00993. The van der Waals surface area contributed by atoms with Crippen molar-refractivity contribution in [1.82, 2.24) is 15.3 Å². The molecule has 1 saturated carbocycles. The number of aromatic nitrogens is 2. The van der Waals surface area contributed by atoms with E-state index >= 15 is 0 Å². The number of hydrogen-bond acceptors (Lipinski definition) is 4. The molecule has 1 aromatic heterocycles. The summed E-state index contributed by atoms with van der Waals surface area (Å²) in [7, 11) is 0. The summed E-state index contributed by atoms with van der Waals surface area (Å²) in [5.41, 5.74) is 1.55. The first-order chi connectivity index (χ1) is 8.25. The van der Waals surface area contributed by atoms with Gasteiger partial charge >= 0.3 is 0 Å². The Hall–Kier alpha value is -1.20. The van der Waals surface area contributed by atoms with Crippen LogP contribution in [0.1, 0.15) is 41.9 Å². The fourth-order valence-electron chi connectivity index (χ4n) is 2.20. The van der Waals surface area contributed by atoms with Crippen LogP contribution in [0.3, 0.4) is 0 Å². The van der Waals surface area contributed by atoms with Crippen LogP contribution in [0.2, 0.25) is 0 Å². The lowest BCUT2D eigenvalue weighted by atomic mass is 10.1. The second kappa shape index (κ2) is 4.23. The van der Waals surface area contributed by atoms with Gasteiger partial charge in [0, 0.05) is 18.0 Å². The Morgan fingerprint density at radius 2 is 2.24 bits per heavy atom. The molecule has 0 radical (unpaired) electrons. The molecular formula is C12H17N3O2. The van der Waals surface area contributed by atoms with E-state index in [9.17, 15) is 4.79 Å². The molecule has 1 aliphatic heterocycles. The standard InChI is InChI=1S/C12H17N3O2/c1-7-10(9-6-17-5-4-13-9)14-11(8-2-3-8)15-12(7)16/h8-9,13H,2-6H2,1H3,(H,14,15,16). The van der Waals surface area contributed by atoms with Crippen LogP contribution >= 0.6 is 0 Å². The topological polar surface area (TPSA) is 67.0 Å². The summed E-state index contributed by atoms with van der Waals surface area (Å²) < 4.78 is 5.43. The van der Waals surface area contributed by atoms with Gasteiger partial charge in [-0.1, -0.05) is 0 Å². The van der Waals surface area contributed by atoms with Crippen LogP contribution in [-0.4, -0.2) is 29.7 Å². The molecule has 1 aromatic rings. The highest BCUT2D eigenvalue weighted by molar-refractivity contribution is 5.22. The Bertz CT molecular complexity index is 473. The number of aromatic amines is 1. The van der Waals surface area contributed by atoms with E-state index in [4.69, 9.17) is 4.74 Å². The molecule has 2 N–H and O–H groups in total.